The molecule has 3 N–H and O–H groups in total. The third kappa shape index (κ3) is 11.0. The van der Waals surface area contributed by atoms with E-state index in [1.165, 1.54) is 0 Å². The van der Waals surface area contributed by atoms with E-state index in [4.69, 9.17) is 0 Å². The molecule has 76 valence electrons. The van der Waals surface area contributed by atoms with Crippen LogP contribution >= 0.6 is 0 Å². The Labute approximate surface area is 81.3 Å². The Balaban J connectivity index is 2.99. The van der Waals surface area contributed by atoms with Crippen LogP contribution in [-0.4, -0.2) is 13.3 Å². The Kier molecular flexibility index (Phi) is 10.2. The quantitative estimate of drug-likeness (QED) is 0.394. The molecule has 0 aliphatic heterocycles. The summed E-state index contributed by atoms with van der Waals surface area (Å²) in [5.41, 5.74) is 0. The van der Waals surface area contributed by atoms with Gasteiger partial charge in [0.1, 0.15) is 0 Å². The maximum absolute atomic E-state index is 3.18. The van der Waals surface area contributed by atoms with Gasteiger partial charge in [0.2, 0.25) is 0 Å². The molecule has 0 saturated carbocycles. The van der Waals surface area contributed by atoms with E-state index in [1.54, 1.807) is 0 Å². The van der Waals surface area contributed by atoms with E-state index in [0.717, 1.165) is 26.2 Å². The van der Waals surface area contributed by atoms with E-state index in [1.807, 2.05) is 12.4 Å². The molecule has 0 amide bonds. The summed E-state index contributed by atoms with van der Waals surface area (Å²) >= 11 is 0. The van der Waals surface area contributed by atoms with Gasteiger partial charge in [0, 0.05) is 0 Å². The van der Waals surface area contributed by atoms with Crippen molar-refractivity contribution in [3.63, 3.8) is 0 Å². The first-order chi connectivity index (χ1) is 6.41. The van der Waals surface area contributed by atoms with Crippen LogP contribution in [0.1, 0.15) is 26.7 Å². The summed E-state index contributed by atoms with van der Waals surface area (Å²) in [6, 6.07) is 0. The van der Waals surface area contributed by atoms with Crippen LogP contribution < -0.4 is 16.0 Å². The monoisotopic (exact) mass is 183 g/mol. The van der Waals surface area contributed by atoms with E-state index >= 15 is 0 Å². The van der Waals surface area contributed by atoms with Gasteiger partial charge in [-0.15, -0.1) is 0 Å². The van der Waals surface area contributed by atoms with Gasteiger partial charge in [0.25, 0.3) is 0 Å². The maximum atomic E-state index is 3.18. The largest absolute Gasteiger partial charge is 0.379 e. The minimum absolute atomic E-state index is 0.795. The predicted octanol–water partition coefficient (Wildman–Crippen LogP) is 1.52. The van der Waals surface area contributed by atoms with Gasteiger partial charge in [-0.1, -0.05) is 26.0 Å². The smallest absolute Gasteiger partial charge is 0.0661 e. The zero-order valence-electron chi connectivity index (χ0n) is 8.64. The molecule has 0 atom stereocenters. The maximum Gasteiger partial charge on any atom is 0.0661 e. The van der Waals surface area contributed by atoms with Crippen molar-refractivity contribution in [1.29, 1.82) is 0 Å². The first-order valence-corrected chi connectivity index (χ1v) is 4.89. The Bertz CT molecular complexity index is 125. The molecule has 0 aromatic heterocycles. The number of allylic oxidation sites excluding steroid dienone is 2. The van der Waals surface area contributed by atoms with Gasteiger partial charge in [-0.25, -0.2) is 0 Å². The van der Waals surface area contributed by atoms with Crippen LogP contribution in [0.2, 0.25) is 0 Å². The Hall–Kier alpha value is -0.960. The third-order valence-electron chi connectivity index (χ3n) is 1.40. The summed E-state index contributed by atoms with van der Waals surface area (Å²) in [6.45, 7) is 5.82. The van der Waals surface area contributed by atoms with Crippen LogP contribution in [0.4, 0.5) is 0 Å². The Morgan fingerprint density at radius 1 is 0.846 bits per heavy atom. The van der Waals surface area contributed by atoms with Gasteiger partial charge in [0.05, 0.1) is 13.3 Å². The van der Waals surface area contributed by atoms with E-state index in [0.29, 0.717) is 0 Å². The van der Waals surface area contributed by atoms with Crippen molar-refractivity contribution < 1.29 is 0 Å². The lowest BCUT2D eigenvalue weighted by Gasteiger charge is -2.03. The fourth-order valence-corrected chi connectivity index (χ4v) is 0.727. The second kappa shape index (κ2) is 11.0. The molecule has 3 nitrogen and oxygen atoms in total. The molecule has 0 heterocycles. The van der Waals surface area contributed by atoms with Gasteiger partial charge < -0.3 is 10.6 Å². The molecule has 0 saturated heterocycles. The molecule has 0 aliphatic rings. The number of nitrogens with one attached hydrogen (secondary N) is 3. The molecular weight excluding hydrogens is 162 g/mol. The van der Waals surface area contributed by atoms with Crippen molar-refractivity contribution in [2.45, 2.75) is 26.7 Å². The van der Waals surface area contributed by atoms with Crippen LogP contribution in [0, 0.1) is 0 Å². The molecule has 0 unspecified atom stereocenters. The third-order valence-corrected chi connectivity index (χ3v) is 1.40. The fourth-order valence-electron chi connectivity index (χ4n) is 0.727. The molecule has 0 bridgehead atoms. The van der Waals surface area contributed by atoms with Gasteiger partial charge in [0.15, 0.2) is 0 Å². The zero-order chi connectivity index (χ0) is 9.78. The van der Waals surface area contributed by atoms with Gasteiger partial charge in [-0.3, -0.25) is 5.32 Å². The highest BCUT2D eigenvalue weighted by molar-refractivity contribution is 4.78. The Morgan fingerprint density at radius 2 is 1.31 bits per heavy atom. The molecule has 0 spiro atoms. The SMILES string of the molecule is CCC=CNCNCNC=CCC. The summed E-state index contributed by atoms with van der Waals surface area (Å²) in [6.07, 6.45) is 10.3. The van der Waals surface area contributed by atoms with Crippen LogP contribution in [0.15, 0.2) is 24.6 Å². The van der Waals surface area contributed by atoms with Crippen molar-refractivity contribution in [3.05, 3.63) is 24.6 Å². The van der Waals surface area contributed by atoms with E-state index in [-0.39, 0.29) is 0 Å². The van der Waals surface area contributed by atoms with Crippen LogP contribution in [0.3, 0.4) is 0 Å². The minimum Gasteiger partial charge on any atom is -0.379 e. The standard InChI is InChI=1S/C10H21N3/c1-3-5-7-11-9-13-10-12-8-6-4-2/h5-8,11-13H,3-4,9-10H2,1-2H3. The molecular formula is C10H21N3. The molecule has 3 heteroatoms. The highest BCUT2D eigenvalue weighted by Crippen LogP contribution is 1.74. The predicted molar refractivity (Wildman–Crippen MR) is 58.0 cm³/mol. The second-order valence-corrected chi connectivity index (χ2v) is 2.63. The molecule has 0 radical (unpaired) electrons. The summed E-state index contributed by atoms with van der Waals surface area (Å²) in [4.78, 5) is 0. The fraction of sp³-hybridized carbons (Fsp3) is 0.600. The lowest BCUT2D eigenvalue weighted by molar-refractivity contribution is 0.619. The van der Waals surface area contributed by atoms with Crippen molar-refractivity contribution in [1.82, 2.24) is 16.0 Å². The van der Waals surface area contributed by atoms with Crippen molar-refractivity contribution in [3.8, 4) is 0 Å². The number of rotatable bonds is 8. The molecule has 0 aromatic rings. The molecule has 0 fully saturated rings. The first kappa shape index (κ1) is 12.0. The number of hydrogen-bond acceptors (Lipinski definition) is 3. The summed E-state index contributed by atoms with van der Waals surface area (Å²) in [7, 11) is 0. The lowest BCUT2D eigenvalue weighted by Crippen LogP contribution is -2.31. The molecule has 13 heavy (non-hydrogen) atoms. The van der Waals surface area contributed by atoms with Gasteiger partial charge >= 0.3 is 0 Å². The van der Waals surface area contributed by atoms with Crippen molar-refractivity contribution >= 4 is 0 Å². The second-order valence-electron chi connectivity index (χ2n) is 2.63. The molecule has 0 aromatic carbocycles. The van der Waals surface area contributed by atoms with Crippen LogP contribution in [0.25, 0.3) is 0 Å². The average Bonchev–Trinajstić information content (AvgIpc) is 2.16. The van der Waals surface area contributed by atoms with E-state index in [9.17, 15) is 0 Å². The average molecular weight is 183 g/mol. The molecule has 0 rings (SSSR count). The normalized spacial score (nSPS) is 11.2. The highest BCUT2D eigenvalue weighted by atomic mass is 15.1. The van der Waals surface area contributed by atoms with Gasteiger partial charge in [-0.05, 0) is 25.2 Å². The highest BCUT2D eigenvalue weighted by Gasteiger charge is 1.78. The van der Waals surface area contributed by atoms with Crippen molar-refractivity contribution in [2.75, 3.05) is 13.3 Å². The summed E-state index contributed by atoms with van der Waals surface area (Å²) in [5.74, 6) is 0. The van der Waals surface area contributed by atoms with E-state index < -0.39 is 0 Å². The Morgan fingerprint density at radius 3 is 1.69 bits per heavy atom. The summed E-state index contributed by atoms with van der Waals surface area (Å²) in [5, 5.41) is 9.42. The van der Waals surface area contributed by atoms with Crippen molar-refractivity contribution in [2.24, 2.45) is 0 Å². The minimum atomic E-state index is 0.795. The van der Waals surface area contributed by atoms with Gasteiger partial charge in [-0.2, -0.15) is 0 Å². The van der Waals surface area contributed by atoms with E-state index in [2.05, 4.69) is 41.9 Å². The van der Waals surface area contributed by atoms with Crippen LogP contribution in [-0.2, 0) is 0 Å². The summed E-state index contributed by atoms with van der Waals surface area (Å²) < 4.78 is 0. The first-order valence-electron chi connectivity index (χ1n) is 4.89. The van der Waals surface area contributed by atoms with Crippen LogP contribution in [0.5, 0.6) is 0 Å². The molecule has 0 aliphatic carbocycles. The zero-order valence-corrected chi connectivity index (χ0v) is 8.64. The topological polar surface area (TPSA) is 36.1 Å². The lowest BCUT2D eigenvalue weighted by atomic mass is 10.5. The number of hydrogen-bond donors (Lipinski definition) is 3.